The van der Waals surface area contributed by atoms with Crippen LogP contribution in [0, 0.1) is 13.8 Å². The number of halogens is 1. The summed E-state index contributed by atoms with van der Waals surface area (Å²) in [6.45, 7) is 7.48. The fraction of sp³-hybridized carbons (Fsp3) is 0.353. The molecule has 20 heavy (non-hydrogen) atoms. The van der Waals surface area contributed by atoms with E-state index in [1.54, 1.807) is 0 Å². The lowest BCUT2D eigenvalue weighted by Crippen LogP contribution is -2.24. The minimum absolute atomic E-state index is 0.331. The zero-order chi connectivity index (χ0) is 14.5. The van der Waals surface area contributed by atoms with Gasteiger partial charge in [-0.3, -0.25) is 4.98 Å². The van der Waals surface area contributed by atoms with Crippen LogP contribution in [-0.4, -0.2) is 11.5 Å². The average Bonchev–Trinajstić information content (AvgIpc) is 2.38. The maximum atomic E-state index is 4.26. The van der Waals surface area contributed by atoms with E-state index in [1.165, 1.54) is 22.3 Å². The van der Waals surface area contributed by atoms with Gasteiger partial charge in [-0.25, -0.2) is 0 Å². The van der Waals surface area contributed by atoms with Crippen molar-refractivity contribution in [1.82, 2.24) is 10.3 Å². The van der Waals surface area contributed by atoms with Gasteiger partial charge < -0.3 is 5.32 Å². The van der Waals surface area contributed by atoms with Gasteiger partial charge >= 0.3 is 0 Å². The van der Waals surface area contributed by atoms with Crippen LogP contribution >= 0.6 is 15.9 Å². The van der Waals surface area contributed by atoms with Crippen LogP contribution in [-0.2, 0) is 6.42 Å². The standard InChI is InChI=1S/C17H21BrN2/c1-4-20-16(9-14-8-15(18)11-19-10-14)17-12(2)6-5-7-13(17)3/h5-8,10-11,16,20H,4,9H2,1-3H3. The number of nitrogens with one attached hydrogen (secondary N) is 1. The minimum Gasteiger partial charge on any atom is -0.310 e. The second kappa shape index (κ2) is 7.00. The second-order valence-electron chi connectivity index (χ2n) is 5.13. The highest BCUT2D eigenvalue weighted by molar-refractivity contribution is 9.10. The first-order valence-electron chi connectivity index (χ1n) is 7.00. The first-order chi connectivity index (χ1) is 9.61. The molecule has 3 heteroatoms. The van der Waals surface area contributed by atoms with Crippen LogP contribution in [0.2, 0.25) is 0 Å². The number of hydrogen-bond donors (Lipinski definition) is 1. The van der Waals surface area contributed by atoms with E-state index in [0.717, 1.165) is 17.4 Å². The molecule has 0 saturated carbocycles. The third-order valence-electron chi connectivity index (χ3n) is 3.54. The highest BCUT2D eigenvalue weighted by Gasteiger charge is 2.15. The van der Waals surface area contributed by atoms with Crippen molar-refractivity contribution in [3.63, 3.8) is 0 Å². The summed E-state index contributed by atoms with van der Waals surface area (Å²) in [4.78, 5) is 4.26. The molecule has 0 fully saturated rings. The van der Waals surface area contributed by atoms with Gasteiger partial charge in [0.2, 0.25) is 0 Å². The highest BCUT2D eigenvalue weighted by Crippen LogP contribution is 2.25. The lowest BCUT2D eigenvalue weighted by Gasteiger charge is -2.22. The van der Waals surface area contributed by atoms with Gasteiger partial charge in [-0.1, -0.05) is 25.1 Å². The number of benzene rings is 1. The first-order valence-corrected chi connectivity index (χ1v) is 7.80. The third-order valence-corrected chi connectivity index (χ3v) is 3.98. The molecule has 1 aromatic heterocycles. The number of hydrogen-bond acceptors (Lipinski definition) is 2. The van der Waals surface area contributed by atoms with Crippen LogP contribution < -0.4 is 5.32 Å². The number of pyridine rings is 1. The Hall–Kier alpha value is -1.19. The molecule has 0 aliphatic heterocycles. The van der Waals surface area contributed by atoms with Gasteiger partial charge in [0.05, 0.1) is 0 Å². The quantitative estimate of drug-likeness (QED) is 0.880. The Kier molecular flexibility index (Phi) is 5.32. The lowest BCUT2D eigenvalue weighted by molar-refractivity contribution is 0.544. The van der Waals surface area contributed by atoms with Crippen molar-refractivity contribution in [2.45, 2.75) is 33.2 Å². The Morgan fingerprint density at radius 2 is 1.90 bits per heavy atom. The molecule has 1 N–H and O–H groups in total. The fourth-order valence-corrected chi connectivity index (χ4v) is 3.12. The van der Waals surface area contributed by atoms with Crippen molar-refractivity contribution >= 4 is 15.9 Å². The highest BCUT2D eigenvalue weighted by atomic mass is 79.9. The third kappa shape index (κ3) is 3.68. The topological polar surface area (TPSA) is 24.9 Å². The molecule has 1 heterocycles. The molecule has 0 amide bonds. The fourth-order valence-electron chi connectivity index (χ4n) is 2.70. The van der Waals surface area contributed by atoms with Crippen molar-refractivity contribution in [3.8, 4) is 0 Å². The van der Waals surface area contributed by atoms with E-state index in [-0.39, 0.29) is 0 Å². The van der Waals surface area contributed by atoms with Gasteiger partial charge in [-0.05, 0) is 71.1 Å². The molecule has 2 rings (SSSR count). The van der Waals surface area contributed by atoms with Crippen LogP contribution in [0.4, 0.5) is 0 Å². The van der Waals surface area contributed by atoms with E-state index >= 15 is 0 Å². The zero-order valence-corrected chi connectivity index (χ0v) is 13.9. The summed E-state index contributed by atoms with van der Waals surface area (Å²) in [5.41, 5.74) is 5.35. The molecular formula is C17H21BrN2. The van der Waals surface area contributed by atoms with Crippen LogP contribution in [0.15, 0.2) is 41.1 Å². The van der Waals surface area contributed by atoms with Gasteiger partial charge in [-0.2, -0.15) is 0 Å². The number of aromatic nitrogens is 1. The van der Waals surface area contributed by atoms with E-state index in [9.17, 15) is 0 Å². The summed E-state index contributed by atoms with van der Waals surface area (Å²) in [6.07, 6.45) is 4.72. The van der Waals surface area contributed by atoms with Gasteiger partial charge in [0, 0.05) is 22.9 Å². The van der Waals surface area contributed by atoms with Crippen LogP contribution in [0.5, 0.6) is 0 Å². The molecule has 0 spiro atoms. The van der Waals surface area contributed by atoms with E-state index in [2.05, 4.69) is 71.3 Å². The molecule has 2 aromatic rings. The van der Waals surface area contributed by atoms with Crippen molar-refractivity contribution in [3.05, 3.63) is 63.4 Å². The second-order valence-corrected chi connectivity index (χ2v) is 6.05. The molecule has 0 radical (unpaired) electrons. The van der Waals surface area contributed by atoms with Crippen LogP contribution in [0.3, 0.4) is 0 Å². The number of rotatable bonds is 5. The maximum Gasteiger partial charge on any atom is 0.0410 e. The predicted octanol–water partition coefficient (Wildman–Crippen LogP) is 4.35. The molecule has 0 aliphatic rings. The van der Waals surface area contributed by atoms with Gasteiger partial charge in [-0.15, -0.1) is 0 Å². The van der Waals surface area contributed by atoms with Gasteiger partial charge in [0.1, 0.15) is 0 Å². The predicted molar refractivity (Wildman–Crippen MR) is 88.0 cm³/mol. The molecule has 1 atom stereocenters. The Morgan fingerprint density at radius 1 is 1.20 bits per heavy atom. The molecular weight excluding hydrogens is 312 g/mol. The van der Waals surface area contributed by atoms with E-state index in [0.29, 0.717) is 6.04 Å². The van der Waals surface area contributed by atoms with Gasteiger partial charge in [0.15, 0.2) is 0 Å². The minimum atomic E-state index is 0.331. The van der Waals surface area contributed by atoms with E-state index < -0.39 is 0 Å². The Morgan fingerprint density at radius 3 is 2.50 bits per heavy atom. The molecule has 0 aliphatic carbocycles. The van der Waals surface area contributed by atoms with Crippen molar-refractivity contribution in [2.75, 3.05) is 6.54 Å². The average molecular weight is 333 g/mol. The smallest absolute Gasteiger partial charge is 0.0410 e. The molecule has 0 saturated heterocycles. The Labute approximate surface area is 129 Å². The summed E-state index contributed by atoms with van der Waals surface area (Å²) in [5.74, 6) is 0. The van der Waals surface area contributed by atoms with Crippen molar-refractivity contribution < 1.29 is 0 Å². The Bertz CT molecular complexity index is 561. The lowest BCUT2D eigenvalue weighted by atomic mass is 9.92. The molecule has 106 valence electrons. The van der Waals surface area contributed by atoms with E-state index in [1.807, 2.05) is 12.4 Å². The maximum absolute atomic E-state index is 4.26. The summed E-state index contributed by atoms with van der Waals surface area (Å²) >= 11 is 3.49. The Balaban J connectivity index is 2.32. The monoisotopic (exact) mass is 332 g/mol. The summed E-state index contributed by atoms with van der Waals surface area (Å²) in [5, 5.41) is 3.61. The first kappa shape index (κ1) is 15.2. The van der Waals surface area contributed by atoms with Crippen molar-refractivity contribution in [2.24, 2.45) is 0 Å². The number of aryl methyl sites for hydroxylation is 2. The summed E-state index contributed by atoms with van der Waals surface area (Å²) in [6, 6.07) is 8.97. The SMILES string of the molecule is CCNC(Cc1cncc(Br)c1)c1c(C)cccc1C. The number of nitrogens with zero attached hydrogens (tertiary/aromatic N) is 1. The molecule has 2 nitrogen and oxygen atoms in total. The number of likely N-dealkylation sites (N-methyl/N-ethyl adjacent to an activating group) is 1. The summed E-state index contributed by atoms with van der Waals surface area (Å²) in [7, 11) is 0. The zero-order valence-electron chi connectivity index (χ0n) is 12.3. The molecule has 1 aromatic carbocycles. The van der Waals surface area contributed by atoms with E-state index in [4.69, 9.17) is 0 Å². The summed E-state index contributed by atoms with van der Waals surface area (Å²) < 4.78 is 1.03. The normalized spacial score (nSPS) is 12.4. The molecule has 1 unspecified atom stereocenters. The largest absolute Gasteiger partial charge is 0.310 e. The van der Waals surface area contributed by atoms with Crippen LogP contribution in [0.25, 0.3) is 0 Å². The van der Waals surface area contributed by atoms with Crippen molar-refractivity contribution in [1.29, 1.82) is 0 Å². The molecule has 0 bridgehead atoms. The van der Waals surface area contributed by atoms with Gasteiger partial charge in [0.25, 0.3) is 0 Å². The van der Waals surface area contributed by atoms with Crippen LogP contribution in [0.1, 0.15) is 35.2 Å².